The van der Waals surface area contributed by atoms with E-state index in [9.17, 15) is 19.8 Å². The van der Waals surface area contributed by atoms with Crippen LogP contribution < -0.4 is 0 Å². The molecule has 2 aromatic rings. The van der Waals surface area contributed by atoms with Crippen molar-refractivity contribution in [1.82, 2.24) is 4.98 Å². The van der Waals surface area contributed by atoms with Gasteiger partial charge in [0.05, 0.1) is 41.3 Å². The number of pyridine rings is 1. The Hall–Kier alpha value is -2.61. The zero-order valence-electron chi connectivity index (χ0n) is 22.9. The third-order valence-electron chi connectivity index (χ3n) is 8.65. The monoisotopic (exact) mass is 523 g/mol. The Labute approximate surface area is 225 Å². The van der Waals surface area contributed by atoms with Gasteiger partial charge in [0.2, 0.25) is 0 Å². The van der Waals surface area contributed by atoms with E-state index >= 15 is 0 Å². The minimum atomic E-state index is -1.27. The maximum atomic E-state index is 13.6. The van der Waals surface area contributed by atoms with Gasteiger partial charge in [0.25, 0.3) is 0 Å². The first kappa shape index (κ1) is 28.4. The number of aromatic nitrogens is 1. The predicted molar refractivity (Wildman–Crippen MR) is 145 cm³/mol. The highest BCUT2D eigenvalue weighted by Crippen LogP contribution is 2.46. The zero-order valence-corrected chi connectivity index (χ0v) is 22.9. The van der Waals surface area contributed by atoms with E-state index in [4.69, 9.17) is 9.47 Å². The van der Waals surface area contributed by atoms with Gasteiger partial charge in [-0.25, -0.2) is 0 Å². The van der Waals surface area contributed by atoms with Crippen LogP contribution in [0.4, 0.5) is 0 Å². The Morgan fingerprint density at radius 2 is 1.95 bits per heavy atom. The second-order valence-corrected chi connectivity index (χ2v) is 11.9. The summed E-state index contributed by atoms with van der Waals surface area (Å²) in [5.74, 6) is -1.70. The van der Waals surface area contributed by atoms with E-state index in [1.807, 2.05) is 37.3 Å². The highest BCUT2D eigenvalue weighted by molar-refractivity contribution is 5.88. The summed E-state index contributed by atoms with van der Waals surface area (Å²) in [6.45, 7) is 11.0. The van der Waals surface area contributed by atoms with E-state index in [1.165, 1.54) is 0 Å². The number of esters is 1. The minimum Gasteiger partial charge on any atom is -0.457 e. The van der Waals surface area contributed by atoms with Crippen LogP contribution in [0.15, 0.2) is 49.2 Å². The molecule has 0 amide bonds. The molecule has 38 heavy (non-hydrogen) atoms. The highest BCUT2D eigenvalue weighted by Gasteiger charge is 2.53. The number of benzene rings is 1. The van der Waals surface area contributed by atoms with Crippen LogP contribution in [0.2, 0.25) is 0 Å². The highest BCUT2D eigenvalue weighted by atomic mass is 16.6. The van der Waals surface area contributed by atoms with Crippen molar-refractivity contribution in [1.29, 1.82) is 0 Å². The van der Waals surface area contributed by atoms with E-state index < -0.39 is 35.6 Å². The lowest BCUT2D eigenvalue weighted by Gasteiger charge is -2.35. The molecule has 3 heterocycles. The molecule has 0 unspecified atom stereocenters. The third kappa shape index (κ3) is 6.00. The Morgan fingerprint density at radius 1 is 1.18 bits per heavy atom. The first-order chi connectivity index (χ1) is 18.0. The molecule has 0 radical (unpaired) electrons. The molecule has 206 valence electrons. The maximum absolute atomic E-state index is 13.6. The summed E-state index contributed by atoms with van der Waals surface area (Å²) >= 11 is 0. The predicted octanol–water partition coefficient (Wildman–Crippen LogP) is 5.09. The Balaban J connectivity index is 1.63. The lowest BCUT2D eigenvalue weighted by atomic mass is 9.71. The second-order valence-electron chi connectivity index (χ2n) is 11.9. The van der Waals surface area contributed by atoms with Crippen LogP contribution in [0.1, 0.15) is 77.9 Å². The van der Waals surface area contributed by atoms with E-state index in [0.29, 0.717) is 12.8 Å². The van der Waals surface area contributed by atoms with Crippen molar-refractivity contribution in [2.45, 2.75) is 96.2 Å². The Morgan fingerprint density at radius 3 is 2.68 bits per heavy atom. The third-order valence-corrected chi connectivity index (χ3v) is 8.65. The largest absolute Gasteiger partial charge is 0.457 e. The van der Waals surface area contributed by atoms with Crippen molar-refractivity contribution in [3.05, 3.63) is 54.7 Å². The zero-order chi connectivity index (χ0) is 27.7. The van der Waals surface area contributed by atoms with Gasteiger partial charge < -0.3 is 19.7 Å². The van der Waals surface area contributed by atoms with E-state index in [1.54, 1.807) is 26.1 Å². The first-order valence-electron chi connectivity index (χ1n) is 13.7. The molecule has 0 saturated carbocycles. The van der Waals surface area contributed by atoms with Crippen molar-refractivity contribution in [2.75, 3.05) is 0 Å². The molecule has 2 fully saturated rings. The summed E-state index contributed by atoms with van der Waals surface area (Å²) in [5, 5.41) is 23.2. The van der Waals surface area contributed by atoms with Gasteiger partial charge in [-0.2, -0.15) is 0 Å². The summed E-state index contributed by atoms with van der Waals surface area (Å²) in [7, 11) is 0. The maximum Gasteiger partial charge on any atom is 0.309 e. The molecule has 0 aliphatic carbocycles. The number of epoxide rings is 1. The van der Waals surface area contributed by atoms with Crippen LogP contribution in [0.3, 0.4) is 0 Å². The van der Waals surface area contributed by atoms with Crippen molar-refractivity contribution < 1.29 is 29.3 Å². The molecular weight excluding hydrogens is 482 g/mol. The normalized spacial score (nSPS) is 34.8. The summed E-state index contributed by atoms with van der Waals surface area (Å²) in [6.07, 6.45) is 3.37. The van der Waals surface area contributed by atoms with Crippen molar-refractivity contribution in [3.8, 4) is 0 Å². The van der Waals surface area contributed by atoms with Gasteiger partial charge in [0, 0.05) is 23.9 Å². The van der Waals surface area contributed by atoms with Crippen molar-refractivity contribution in [2.24, 2.45) is 17.3 Å². The Kier molecular flexibility index (Phi) is 8.40. The lowest BCUT2D eigenvalue weighted by molar-refractivity contribution is -0.156. The number of Topliss-reactive ketones (excluding diaryl/α,β-unsaturated/α-hetero) is 1. The number of carbonyl (C=O) groups excluding carboxylic acids is 2. The average Bonchev–Trinajstić information content (AvgIpc) is 3.53. The van der Waals surface area contributed by atoms with Crippen molar-refractivity contribution >= 4 is 22.7 Å². The average molecular weight is 524 g/mol. The number of carbonyl (C=O) groups is 2. The van der Waals surface area contributed by atoms with E-state index in [0.717, 1.165) is 35.7 Å². The van der Waals surface area contributed by atoms with Crippen LogP contribution in [0.25, 0.3) is 10.9 Å². The molecule has 2 saturated heterocycles. The molecule has 0 spiro atoms. The topological polar surface area (TPSA) is 109 Å². The summed E-state index contributed by atoms with van der Waals surface area (Å²) in [6, 6.07) is 9.68. The van der Waals surface area contributed by atoms with Crippen LogP contribution >= 0.6 is 0 Å². The molecule has 1 aromatic heterocycles. The number of aliphatic hydroxyl groups excluding tert-OH is 2. The van der Waals surface area contributed by atoms with E-state index in [-0.39, 0.29) is 29.8 Å². The van der Waals surface area contributed by atoms with Gasteiger partial charge in [-0.3, -0.25) is 14.6 Å². The number of allylic oxidation sites excluding steroid dienone is 1. The second kappa shape index (κ2) is 11.2. The first-order valence-corrected chi connectivity index (χ1v) is 13.7. The fraction of sp³-hybridized carbons (Fsp3) is 0.581. The minimum absolute atomic E-state index is 0.0793. The number of rotatable bonds is 3. The molecule has 7 atom stereocenters. The van der Waals surface area contributed by atoms with Crippen LogP contribution in [-0.2, 0) is 19.1 Å². The summed E-state index contributed by atoms with van der Waals surface area (Å²) < 4.78 is 12.1. The number of cyclic esters (lactones) is 1. The molecule has 2 N–H and O–H groups in total. The molecule has 4 rings (SSSR count). The molecule has 1 aromatic carbocycles. The standard InChI is InChI=1S/C31H41NO6/c1-6-9-22-28(35)19(2)10-7-14-31(5)26(38-31)17-24(21-13-12-20-11-8-15-32-23(20)16-21)37-27(34)18-25(33)30(3,4)29(22)36/h6,8,11-13,15-16,19,22,24-26,28,33,35H,1,7,9-10,14,17-18H2,2-5H3/t19-,22-,24-,25+,26-,28+,31-/m0/s1. The van der Waals surface area contributed by atoms with Gasteiger partial charge in [0.15, 0.2) is 0 Å². The van der Waals surface area contributed by atoms with Crippen LogP contribution in [0, 0.1) is 17.3 Å². The summed E-state index contributed by atoms with van der Waals surface area (Å²) in [5.41, 5.74) is 0.0287. The van der Waals surface area contributed by atoms with Gasteiger partial charge in [-0.15, -0.1) is 6.58 Å². The van der Waals surface area contributed by atoms with E-state index in [2.05, 4.69) is 18.5 Å². The van der Waals surface area contributed by atoms with Crippen LogP contribution in [0.5, 0.6) is 0 Å². The number of hydrogen-bond donors (Lipinski definition) is 2. The number of nitrogens with zero attached hydrogens (tertiary/aromatic N) is 1. The van der Waals surface area contributed by atoms with Gasteiger partial charge in [-0.05, 0) is 49.8 Å². The van der Waals surface area contributed by atoms with Gasteiger partial charge >= 0.3 is 5.97 Å². The number of hydrogen-bond acceptors (Lipinski definition) is 7. The molecular formula is C31H41NO6. The number of ketones is 1. The summed E-state index contributed by atoms with van der Waals surface area (Å²) in [4.78, 5) is 31.2. The fourth-order valence-corrected chi connectivity index (χ4v) is 5.72. The Bertz CT molecular complexity index is 1180. The SMILES string of the molecule is C=CC[C@@H]1C(=O)C(C)(C)[C@H](O)CC(=O)O[C@H](c2ccc3cccnc3c2)C[C@@H]2O[C@@]2(C)CCC[C@H](C)[C@H]1O. The molecule has 7 nitrogen and oxygen atoms in total. The van der Waals surface area contributed by atoms with Gasteiger partial charge in [0.1, 0.15) is 11.9 Å². The molecule has 2 aliphatic heterocycles. The lowest BCUT2D eigenvalue weighted by Crippen LogP contribution is -2.46. The molecule has 0 bridgehead atoms. The van der Waals surface area contributed by atoms with Gasteiger partial charge in [-0.1, -0.05) is 51.5 Å². The number of ether oxygens (including phenoxy) is 2. The van der Waals surface area contributed by atoms with Crippen LogP contribution in [-0.4, -0.2) is 50.9 Å². The smallest absolute Gasteiger partial charge is 0.309 e. The fourth-order valence-electron chi connectivity index (χ4n) is 5.72. The molecule has 2 aliphatic rings. The quantitative estimate of drug-likeness (QED) is 0.328. The number of aliphatic hydroxyl groups is 2. The van der Waals surface area contributed by atoms with Crippen molar-refractivity contribution in [3.63, 3.8) is 0 Å². The molecule has 7 heteroatoms. The number of fused-ring (bicyclic) bond motifs is 2.